The first-order valence-corrected chi connectivity index (χ1v) is 5.85. The van der Waals surface area contributed by atoms with Crippen molar-refractivity contribution in [1.29, 1.82) is 0 Å². The molecule has 0 aliphatic rings. The van der Waals surface area contributed by atoms with Gasteiger partial charge in [-0.15, -0.1) is 0 Å². The van der Waals surface area contributed by atoms with Gasteiger partial charge in [-0.1, -0.05) is 26.7 Å². The van der Waals surface area contributed by atoms with Crippen LogP contribution < -0.4 is 0 Å². The summed E-state index contributed by atoms with van der Waals surface area (Å²) < 4.78 is 42.8. The smallest absolute Gasteiger partial charge is 0.428 e. The Hall–Kier alpha value is -0.740. The van der Waals surface area contributed by atoms with Crippen molar-refractivity contribution < 1.29 is 22.7 Å². The molecule has 102 valence electrons. The largest absolute Gasteiger partial charge is 0.450 e. The summed E-state index contributed by atoms with van der Waals surface area (Å²) in [7, 11) is 0. The van der Waals surface area contributed by atoms with Gasteiger partial charge in [-0.2, -0.15) is 13.2 Å². The van der Waals surface area contributed by atoms with Gasteiger partial charge in [0.2, 0.25) is 5.60 Å². The number of rotatable bonds is 6. The first kappa shape index (κ1) is 16.3. The molecule has 0 aliphatic carbocycles. The molecular formula is C12H21F3O2. The third-order valence-corrected chi connectivity index (χ3v) is 2.65. The number of carbonyl (C=O) groups is 1. The fourth-order valence-electron chi connectivity index (χ4n) is 1.58. The third-order valence-electron chi connectivity index (χ3n) is 2.65. The molecule has 0 fully saturated rings. The van der Waals surface area contributed by atoms with Crippen LogP contribution >= 0.6 is 0 Å². The average molecular weight is 254 g/mol. The van der Waals surface area contributed by atoms with E-state index in [1.54, 1.807) is 0 Å². The molecule has 0 radical (unpaired) electrons. The highest BCUT2D eigenvalue weighted by atomic mass is 19.4. The van der Waals surface area contributed by atoms with Crippen molar-refractivity contribution in [3.05, 3.63) is 0 Å². The lowest BCUT2D eigenvalue weighted by Crippen LogP contribution is -2.46. The van der Waals surface area contributed by atoms with Crippen LogP contribution in [0.15, 0.2) is 0 Å². The summed E-state index contributed by atoms with van der Waals surface area (Å²) in [5.41, 5.74) is -2.35. The minimum absolute atomic E-state index is 0.178. The normalized spacial score (nSPS) is 15.8. The molecule has 17 heavy (non-hydrogen) atoms. The Balaban J connectivity index is 4.36. The molecule has 5 heteroatoms. The summed E-state index contributed by atoms with van der Waals surface area (Å²) in [6.07, 6.45) is -2.70. The van der Waals surface area contributed by atoms with Gasteiger partial charge in [0.1, 0.15) is 0 Å². The number of alkyl halides is 3. The molecular weight excluding hydrogens is 233 g/mol. The van der Waals surface area contributed by atoms with Gasteiger partial charge < -0.3 is 4.74 Å². The van der Waals surface area contributed by atoms with Crippen LogP contribution in [0.25, 0.3) is 0 Å². The molecule has 0 spiro atoms. The predicted octanol–water partition coefficient (Wildman–Crippen LogP) is 4.09. The molecule has 0 amide bonds. The molecule has 0 aliphatic heterocycles. The standard InChI is InChI=1S/C12H21F3O2/c1-9(2)7-5-6-8-11(4,12(13,14)15)17-10(3)16/h9H,5-8H2,1-4H3. The van der Waals surface area contributed by atoms with Crippen LogP contribution in [-0.2, 0) is 9.53 Å². The van der Waals surface area contributed by atoms with Crippen LogP contribution in [0.5, 0.6) is 0 Å². The van der Waals surface area contributed by atoms with Gasteiger partial charge in [0.15, 0.2) is 0 Å². The van der Waals surface area contributed by atoms with Gasteiger partial charge in [-0.25, -0.2) is 0 Å². The Labute approximate surface area is 101 Å². The molecule has 1 atom stereocenters. The lowest BCUT2D eigenvalue weighted by Gasteiger charge is -2.31. The molecule has 0 heterocycles. The maximum absolute atomic E-state index is 12.8. The van der Waals surface area contributed by atoms with E-state index in [1.807, 2.05) is 13.8 Å². The maximum atomic E-state index is 12.8. The molecule has 0 aromatic rings. The topological polar surface area (TPSA) is 26.3 Å². The monoisotopic (exact) mass is 254 g/mol. The summed E-state index contributed by atoms with van der Waals surface area (Å²) in [6.45, 7) is 5.98. The van der Waals surface area contributed by atoms with Crippen molar-refractivity contribution in [2.75, 3.05) is 0 Å². The average Bonchev–Trinajstić information content (AvgIpc) is 2.09. The Morgan fingerprint density at radius 3 is 2.12 bits per heavy atom. The highest BCUT2D eigenvalue weighted by molar-refractivity contribution is 5.66. The molecule has 0 aromatic heterocycles. The first-order chi connectivity index (χ1) is 7.58. The summed E-state index contributed by atoms with van der Waals surface area (Å²) in [6, 6.07) is 0. The van der Waals surface area contributed by atoms with Crippen LogP contribution in [0, 0.1) is 5.92 Å². The van der Waals surface area contributed by atoms with Gasteiger partial charge >= 0.3 is 12.1 Å². The van der Waals surface area contributed by atoms with Gasteiger partial charge in [0, 0.05) is 6.92 Å². The van der Waals surface area contributed by atoms with Crippen molar-refractivity contribution in [2.24, 2.45) is 5.92 Å². The molecule has 0 saturated carbocycles. The van der Waals surface area contributed by atoms with Crippen LogP contribution in [-0.4, -0.2) is 17.7 Å². The zero-order valence-electron chi connectivity index (χ0n) is 10.9. The second-order valence-corrected chi connectivity index (χ2v) is 4.96. The number of ether oxygens (including phenoxy) is 1. The SMILES string of the molecule is CC(=O)OC(C)(CCCCC(C)C)C(F)(F)F. The summed E-state index contributed by atoms with van der Waals surface area (Å²) in [5, 5.41) is 0. The molecule has 0 rings (SSSR count). The summed E-state index contributed by atoms with van der Waals surface area (Å²) in [5.74, 6) is -0.422. The summed E-state index contributed by atoms with van der Waals surface area (Å²) in [4.78, 5) is 10.7. The van der Waals surface area contributed by atoms with Crippen molar-refractivity contribution >= 4 is 5.97 Å². The first-order valence-electron chi connectivity index (χ1n) is 5.85. The number of halogens is 3. The van der Waals surface area contributed by atoms with E-state index in [2.05, 4.69) is 4.74 Å². The molecule has 0 bridgehead atoms. The van der Waals surface area contributed by atoms with E-state index in [4.69, 9.17) is 0 Å². The van der Waals surface area contributed by atoms with E-state index in [-0.39, 0.29) is 6.42 Å². The van der Waals surface area contributed by atoms with Crippen molar-refractivity contribution in [3.63, 3.8) is 0 Å². The minimum atomic E-state index is -4.52. The number of unbranched alkanes of at least 4 members (excludes halogenated alkanes) is 1. The molecule has 0 N–H and O–H groups in total. The van der Waals surface area contributed by atoms with Crippen molar-refractivity contribution in [3.8, 4) is 0 Å². The van der Waals surface area contributed by atoms with Crippen LogP contribution in [0.2, 0.25) is 0 Å². The minimum Gasteiger partial charge on any atom is -0.450 e. The predicted molar refractivity (Wildman–Crippen MR) is 59.5 cm³/mol. The quantitative estimate of drug-likeness (QED) is 0.527. The van der Waals surface area contributed by atoms with Crippen molar-refractivity contribution in [2.45, 2.75) is 65.2 Å². The Kier molecular flexibility index (Phi) is 5.99. The van der Waals surface area contributed by atoms with Crippen LogP contribution in [0.1, 0.15) is 53.4 Å². The Morgan fingerprint density at radius 1 is 1.24 bits per heavy atom. The van der Waals surface area contributed by atoms with Gasteiger partial charge in [-0.3, -0.25) is 4.79 Å². The molecule has 0 saturated heterocycles. The number of hydrogen-bond donors (Lipinski definition) is 0. The van der Waals surface area contributed by atoms with E-state index in [1.165, 1.54) is 0 Å². The maximum Gasteiger partial charge on any atom is 0.428 e. The fraction of sp³-hybridized carbons (Fsp3) is 0.917. The van der Waals surface area contributed by atoms with Crippen LogP contribution in [0.3, 0.4) is 0 Å². The van der Waals surface area contributed by atoms with Gasteiger partial charge in [-0.05, 0) is 25.7 Å². The van der Waals surface area contributed by atoms with Crippen molar-refractivity contribution in [1.82, 2.24) is 0 Å². The highest BCUT2D eigenvalue weighted by Crippen LogP contribution is 2.37. The lowest BCUT2D eigenvalue weighted by molar-refractivity contribution is -0.265. The van der Waals surface area contributed by atoms with Gasteiger partial charge in [0.05, 0.1) is 0 Å². The van der Waals surface area contributed by atoms with Crippen LogP contribution in [0.4, 0.5) is 13.2 Å². The number of hydrogen-bond acceptors (Lipinski definition) is 2. The zero-order valence-corrected chi connectivity index (χ0v) is 10.9. The third kappa shape index (κ3) is 5.94. The highest BCUT2D eigenvalue weighted by Gasteiger charge is 2.53. The number of esters is 1. The van der Waals surface area contributed by atoms with E-state index < -0.39 is 17.7 Å². The second-order valence-electron chi connectivity index (χ2n) is 4.96. The van der Waals surface area contributed by atoms with E-state index in [0.717, 1.165) is 20.3 Å². The molecule has 1 unspecified atom stereocenters. The van der Waals surface area contributed by atoms with E-state index in [9.17, 15) is 18.0 Å². The van der Waals surface area contributed by atoms with E-state index in [0.29, 0.717) is 18.8 Å². The zero-order chi connectivity index (χ0) is 13.7. The van der Waals surface area contributed by atoms with Gasteiger partial charge in [0.25, 0.3) is 0 Å². The Morgan fingerprint density at radius 2 is 1.76 bits per heavy atom. The molecule has 2 nitrogen and oxygen atoms in total. The van der Waals surface area contributed by atoms with E-state index >= 15 is 0 Å². The molecule has 0 aromatic carbocycles. The number of carbonyl (C=O) groups excluding carboxylic acids is 1. The summed E-state index contributed by atoms with van der Waals surface area (Å²) >= 11 is 0. The second kappa shape index (κ2) is 6.26. The Bertz CT molecular complexity index is 249. The fourth-order valence-corrected chi connectivity index (χ4v) is 1.58. The lowest BCUT2D eigenvalue weighted by atomic mass is 9.95.